The first-order valence-electron chi connectivity index (χ1n) is 2.87. The van der Waals surface area contributed by atoms with Gasteiger partial charge < -0.3 is 4.90 Å². The van der Waals surface area contributed by atoms with Crippen LogP contribution in [0, 0.1) is 0 Å². The third kappa shape index (κ3) is 0.881. The van der Waals surface area contributed by atoms with Gasteiger partial charge in [0.25, 0.3) is 0 Å². The molecule has 0 spiro atoms. The number of aromatic amines is 1. The molecule has 1 aromatic heterocycles. The van der Waals surface area contributed by atoms with E-state index in [2.05, 4.69) is 15.4 Å². The summed E-state index contributed by atoms with van der Waals surface area (Å²) < 4.78 is 0. The average Bonchev–Trinajstić information content (AvgIpc) is 2.59. The van der Waals surface area contributed by atoms with Crippen LogP contribution in [-0.2, 0) is 0 Å². The van der Waals surface area contributed by atoms with Gasteiger partial charge in [-0.25, -0.2) is 0 Å². The first kappa shape index (κ1) is 5.79. The Balaban J connectivity index is 2.20. The van der Waals surface area contributed by atoms with E-state index < -0.39 is 0 Å². The molecule has 0 bridgehead atoms. The predicted octanol–water partition coefficient (Wildman–Crippen LogP) is 0.787. The molecule has 0 saturated heterocycles. The molecule has 5 heteroatoms. The van der Waals surface area contributed by atoms with E-state index in [4.69, 9.17) is 0 Å². The van der Waals surface area contributed by atoms with Crippen LogP contribution in [0.5, 0.6) is 0 Å². The first-order valence-corrected chi connectivity index (χ1v) is 3.92. The van der Waals surface area contributed by atoms with Crippen LogP contribution < -0.4 is 4.90 Å². The molecule has 0 aromatic carbocycles. The van der Waals surface area contributed by atoms with Gasteiger partial charge in [0.1, 0.15) is 0 Å². The number of hydrogen-bond donors (Lipinski definition) is 1. The van der Waals surface area contributed by atoms with Gasteiger partial charge in [0.2, 0.25) is 0 Å². The largest absolute Gasteiger partial charge is 0.320 e. The Kier molecular flexibility index (Phi) is 1.35. The highest BCUT2D eigenvalue weighted by Gasteiger charge is 2.08. The van der Waals surface area contributed by atoms with Crippen molar-refractivity contribution in [2.75, 3.05) is 10.8 Å². The zero-order valence-corrected chi connectivity index (χ0v) is 6.01. The summed E-state index contributed by atoms with van der Waals surface area (Å²) in [6.07, 6.45) is 3.69. The number of hydrogen-bond acceptors (Lipinski definition) is 4. The van der Waals surface area contributed by atoms with Gasteiger partial charge in [-0.05, 0) is 5.41 Å². The van der Waals surface area contributed by atoms with Gasteiger partial charge in [-0.15, -0.1) is 16.9 Å². The third-order valence-corrected chi connectivity index (χ3v) is 1.99. The lowest BCUT2D eigenvalue weighted by atomic mass is 10.6. The summed E-state index contributed by atoms with van der Waals surface area (Å²) in [6.45, 7) is 0. The normalized spacial score (nSPS) is 16.6. The van der Waals surface area contributed by atoms with Crippen LogP contribution in [0.25, 0.3) is 0 Å². The molecule has 0 atom stereocenters. The molecular formula is C5H6N4S. The fourth-order valence-corrected chi connectivity index (χ4v) is 1.46. The summed E-state index contributed by atoms with van der Waals surface area (Å²) in [6, 6.07) is 0. The second-order valence-electron chi connectivity index (χ2n) is 1.88. The van der Waals surface area contributed by atoms with E-state index in [0.717, 1.165) is 11.7 Å². The van der Waals surface area contributed by atoms with E-state index in [0.29, 0.717) is 0 Å². The number of thioether (sulfide) groups is 1. The van der Waals surface area contributed by atoms with Crippen molar-refractivity contribution >= 4 is 17.6 Å². The van der Waals surface area contributed by atoms with Crippen molar-refractivity contribution in [3.63, 3.8) is 0 Å². The van der Waals surface area contributed by atoms with Crippen molar-refractivity contribution in [3.8, 4) is 0 Å². The second kappa shape index (κ2) is 2.34. The number of anilines is 1. The fourth-order valence-electron chi connectivity index (χ4n) is 0.759. The lowest BCUT2D eigenvalue weighted by Gasteiger charge is -2.07. The van der Waals surface area contributed by atoms with Gasteiger partial charge in [0.05, 0.1) is 12.1 Å². The van der Waals surface area contributed by atoms with Gasteiger partial charge >= 0.3 is 0 Å². The monoisotopic (exact) mass is 154 g/mol. The average molecular weight is 154 g/mol. The Labute approximate surface area is 62.3 Å². The summed E-state index contributed by atoms with van der Waals surface area (Å²) in [7, 11) is 0. The van der Waals surface area contributed by atoms with E-state index in [9.17, 15) is 0 Å². The molecule has 4 nitrogen and oxygen atoms in total. The van der Waals surface area contributed by atoms with Crippen LogP contribution >= 0.6 is 11.8 Å². The summed E-state index contributed by atoms with van der Waals surface area (Å²) in [5.74, 6) is 1.81. The Morgan fingerprint density at radius 3 is 3.30 bits per heavy atom. The van der Waals surface area contributed by atoms with Gasteiger partial charge in [0, 0.05) is 6.20 Å². The van der Waals surface area contributed by atoms with Crippen molar-refractivity contribution in [1.29, 1.82) is 0 Å². The van der Waals surface area contributed by atoms with Crippen LogP contribution in [0.3, 0.4) is 0 Å². The molecular weight excluding hydrogens is 148 g/mol. The van der Waals surface area contributed by atoms with E-state index >= 15 is 0 Å². The summed E-state index contributed by atoms with van der Waals surface area (Å²) in [5.41, 5.74) is 0. The highest BCUT2D eigenvalue weighted by atomic mass is 32.2. The fraction of sp³-hybridized carbons (Fsp3) is 0.200. The predicted molar refractivity (Wildman–Crippen MR) is 40.5 cm³/mol. The molecule has 0 unspecified atom stereocenters. The van der Waals surface area contributed by atoms with Crippen molar-refractivity contribution in [3.05, 3.63) is 17.8 Å². The maximum absolute atomic E-state index is 3.92. The lowest BCUT2D eigenvalue weighted by molar-refractivity contribution is 0.931. The van der Waals surface area contributed by atoms with Gasteiger partial charge in [0.15, 0.2) is 5.82 Å². The van der Waals surface area contributed by atoms with E-state index in [1.54, 1.807) is 18.0 Å². The summed E-state index contributed by atoms with van der Waals surface area (Å²) in [4.78, 5) is 2.02. The van der Waals surface area contributed by atoms with Crippen LogP contribution in [0.4, 0.5) is 5.82 Å². The minimum absolute atomic E-state index is 0.876. The summed E-state index contributed by atoms with van der Waals surface area (Å²) in [5, 5.41) is 12.2. The van der Waals surface area contributed by atoms with Crippen LogP contribution in [0.2, 0.25) is 0 Å². The quantitative estimate of drug-likeness (QED) is 0.649. The minimum atomic E-state index is 0.876. The Bertz CT molecular complexity index is 230. The first-order chi connectivity index (χ1) is 4.97. The maximum Gasteiger partial charge on any atom is 0.175 e. The Hall–Kier alpha value is -0.970. The molecule has 0 radical (unpaired) electrons. The molecule has 2 heterocycles. The zero-order valence-electron chi connectivity index (χ0n) is 5.19. The van der Waals surface area contributed by atoms with E-state index in [-0.39, 0.29) is 0 Å². The standard InChI is InChI=1S/C5H6N4S/c1-2-10-4-9(1)5-3-6-8-7-5/h1-3H,4H2,(H,6,7,8). The van der Waals surface area contributed by atoms with Crippen LogP contribution in [-0.4, -0.2) is 21.3 Å². The summed E-state index contributed by atoms with van der Waals surface area (Å²) >= 11 is 1.74. The highest BCUT2D eigenvalue weighted by Crippen LogP contribution is 2.19. The van der Waals surface area contributed by atoms with Gasteiger partial charge in [-0.2, -0.15) is 10.3 Å². The van der Waals surface area contributed by atoms with Crippen molar-refractivity contribution in [1.82, 2.24) is 15.4 Å². The number of aromatic nitrogens is 3. The topological polar surface area (TPSA) is 44.8 Å². The number of rotatable bonds is 1. The maximum atomic E-state index is 3.92. The second-order valence-corrected chi connectivity index (χ2v) is 2.74. The number of nitrogens with one attached hydrogen (secondary N) is 1. The minimum Gasteiger partial charge on any atom is -0.320 e. The molecule has 10 heavy (non-hydrogen) atoms. The molecule has 1 aliphatic heterocycles. The highest BCUT2D eigenvalue weighted by molar-refractivity contribution is 8.02. The third-order valence-electron chi connectivity index (χ3n) is 1.25. The molecule has 52 valence electrons. The van der Waals surface area contributed by atoms with Crippen LogP contribution in [0.15, 0.2) is 17.8 Å². The molecule has 1 N–H and O–H groups in total. The SMILES string of the molecule is C1=CN(c2cn[nH]n2)CS1. The van der Waals surface area contributed by atoms with Crippen molar-refractivity contribution in [2.45, 2.75) is 0 Å². The molecule has 1 aliphatic rings. The number of H-pyrrole nitrogens is 1. The molecule has 0 saturated carbocycles. The van der Waals surface area contributed by atoms with Gasteiger partial charge in [-0.1, -0.05) is 0 Å². The van der Waals surface area contributed by atoms with Crippen LogP contribution in [0.1, 0.15) is 0 Å². The molecule has 1 aromatic rings. The lowest BCUT2D eigenvalue weighted by Crippen LogP contribution is -2.10. The van der Waals surface area contributed by atoms with Gasteiger partial charge in [-0.3, -0.25) is 0 Å². The molecule has 0 fully saturated rings. The van der Waals surface area contributed by atoms with Crippen molar-refractivity contribution in [2.24, 2.45) is 0 Å². The van der Waals surface area contributed by atoms with Crippen molar-refractivity contribution < 1.29 is 0 Å². The van der Waals surface area contributed by atoms with E-state index in [1.165, 1.54) is 0 Å². The smallest absolute Gasteiger partial charge is 0.175 e. The molecule has 0 amide bonds. The molecule has 0 aliphatic carbocycles. The Morgan fingerprint density at radius 1 is 1.70 bits per heavy atom. The zero-order chi connectivity index (χ0) is 6.81. The van der Waals surface area contributed by atoms with E-state index in [1.807, 2.05) is 16.5 Å². The number of nitrogens with zero attached hydrogens (tertiary/aromatic N) is 3. The molecule has 2 rings (SSSR count). The Morgan fingerprint density at radius 2 is 2.70 bits per heavy atom.